The lowest BCUT2D eigenvalue weighted by atomic mass is 9.97. The summed E-state index contributed by atoms with van der Waals surface area (Å²) in [4.78, 5) is 9.08. The molecule has 2 nitrogen and oxygen atoms in total. The SMILES string of the molecule is [2H]c1c([2H])c(-c2ccccc2)c2c(-c3ccccc3)nc(C)nc2c1[2H]. The average Bonchev–Trinajstić information content (AvgIpc) is 2.68. The summed E-state index contributed by atoms with van der Waals surface area (Å²) in [5.74, 6) is 0.543. The highest BCUT2D eigenvalue weighted by Gasteiger charge is 2.13. The molecular formula is C21H16N2. The third-order valence-electron chi connectivity index (χ3n) is 3.75. The second-order valence-corrected chi connectivity index (χ2v) is 5.33. The Kier molecular flexibility index (Phi) is 2.63. The fourth-order valence-corrected chi connectivity index (χ4v) is 2.74. The quantitative estimate of drug-likeness (QED) is 0.504. The van der Waals surface area contributed by atoms with Gasteiger partial charge in [-0.15, -0.1) is 0 Å². The van der Waals surface area contributed by atoms with E-state index in [1.165, 1.54) is 0 Å². The molecule has 0 saturated carbocycles. The molecule has 0 saturated heterocycles. The minimum atomic E-state index is -0.117. The highest BCUT2D eigenvalue weighted by molar-refractivity contribution is 6.03. The predicted molar refractivity (Wildman–Crippen MR) is 95.1 cm³/mol. The Labute approximate surface area is 139 Å². The zero-order valence-electron chi connectivity index (χ0n) is 15.7. The number of benzene rings is 3. The lowest BCUT2D eigenvalue weighted by Gasteiger charge is -2.12. The van der Waals surface area contributed by atoms with Gasteiger partial charge in [-0.2, -0.15) is 0 Å². The van der Waals surface area contributed by atoms with Crippen molar-refractivity contribution in [2.45, 2.75) is 6.92 Å². The maximum atomic E-state index is 8.51. The van der Waals surface area contributed by atoms with E-state index in [1.807, 2.05) is 60.7 Å². The van der Waals surface area contributed by atoms with Gasteiger partial charge in [0.1, 0.15) is 5.82 Å². The Bertz CT molecular complexity index is 1110. The molecule has 4 rings (SSSR count). The second kappa shape index (κ2) is 5.65. The summed E-state index contributed by atoms with van der Waals surface area (Å²) < 4.78 is 25.1. The summed E-state index contributed by atoms with van der Waals surface area (Å²) in [6.07, 6.45) is 0. The van der Waals surface area contributed by atoms with Gasteiger partial charge < -0.3 is 0 Å². The number of hydrogen-bond donors (Lipinski definition) is 0. The van der Waals surface area contributed by atoms with Crippen molar-refractivity contribution in [3.05, 3.63) is 84.6 Å². The summed E-state index contributed by atoms with van der Waals surface area (Å²) >= 11 is 0. The molecule has 0 atom stereocenters. The number of nitrogens with zero attached hydrogens (tertiary/aromatic N) is 2. The van der Waals surface area contributed by atoms with Gasteiger partial charge in [0, 0.05) is 10.9 Å². The minimum Gasteiger partial charge on any atom is -0.233 e. The number of rotatable bonds is 2. The molecule has 0 unspecified atom stereocenters. The van der Waals surface area contributed by atoms with Gasteiger partial charge in [-0.05, 0) is 24.1 Å². The fraction of sp³-hybridized carbons (Fsp3) is 0.0476. The molecule has 1 heterocycles. The summed E-state index contributed by atoms with van der Waals surface area (Å²) in [6.45, 7) is 1.78. The Hall–Kier alpha value is -3.00. The topological polar surface area (TPSA) is 25.8 Å². The van der Waals surface area contributed by atoms with Gasteiger partial charge in [-0.3, -0.25) is 0 Å². The second-order valence-electron chi connectivity index (χ2n) is 5.33. The lowest BCUT2D eigenvalue weighted by molar-refractivity contribution is 1.10. The van der Waals surface area contributed by atoms with Gasteiger partial charge in [0.2, 0.25) is 0 Å². The number of aryl methyl sites for hydroxylation is 1. The standard InChI is InChI=1S/C21H16N2/c1-15-22-19-14-8-13-18(16-9-4-2-5-10-16)20(19)21(23-15)17-11-6-3-7-12-17/h2-14H,1H3/i8D,13D,14D. The first kappa shape index (κ1) is 10.7. The Morgan fingerprint density at radius 1 is 0.783 bits per heavy atom. The van der Waals surface area contributed by atoms with E-state index in [-0.39, 0.29) is 18.1 Å². The van der Waals surface area contributed by atoms with E-state index < -0.39 is 0 Å². The van der Waals surface area contributed by atoms with Crippen LogP contribution in [0.1, 0.15) is 9.94 Å². The van der Waals surface area contributed by atoms with Crippen LogP contribution in [0.15, 0.2) is 78.8 Å². The first-order chi connectivity index (χ1) is 12.6. The normalized spacial score (nSPS) is 12.7. The number of hydrogen-bond acceptors (Lipinski definition) is 2. The van der Waals surface area contributed by atoms with Gasteiger partial charge >= 0.3 is 0 Å². The summed E-state index contributed by atoms with van der Waals surface area (Å²) in [5, 5.41) is 0.652. The molecule has 23 heavy (non-hydrogen) atoms. The largest absolute Gasteiger partial charge is 0.233 e. The maximum Gasteiger partial charge on any atom is 0.126 e. The van der Waals surface area contributed by atoms with E-state index >= 15 is 0 Å². The molecule has 0 spiro atoms. The van der Waals surface area contributed by atoms with Gasteiger partial charge in [0.25, 0.3) is 0 Å². The lowest BCUT2D eigenvalue weighted by Crippen LogP contribution is -1.95. The van der Waals surface area contributed by atoms with E-state index in [2.05, 4.69) is 9.97 Å². The predicted octanol–water partition coefficient (Wildman–Crippen LogP) is 5.27. The Morgan fingerprint density at radius 3 is 2.13 bits per heavy atom. The molecule has 0 radical (unpaired) electrons. The summed E-state index contributed by atoms with van der Waals surface area (Å²) in [6, 6.07) is 19.1. The molecular weight excluding hydrogens is 280 g/mol. The minimum absolute atomic E-state index is 0.0262. The highest BCUT2D eigenvalue weighted by atomic mass is 14.9. The highest BCUT2D eigenvalue weighted by Crippen LogP contribution is 2.34. The van der Waals surface area contributed by atoms with Crippen molar-refractivity contribution < 1.29 is 4.11 Å². The molecule has 0 N–H and O–H groups in total. The summed E-state index contributed by atoms with van der Waals surface area (Å²) in [7, 11) is 0. The van der Waals surface area contributed by atoms with Crippen molar-refractivity contribution in [1.82, 2.24) is 9.97 Å². The van der Waals surface area contributed by atoms with Crippen LogP contribution in [0.25, 0.3) is 33.3 Å². The smallest absolute Gasteiger partial charge is 0.126 e. The number of fused-ring (bicyclic) bond motifs is 1. The Balaban J connectivity index is 2.23. The van der Waals surface area contributed by atoms with Crippen molar-refractivity contribution in [2.75, 3.05) is 0 Å². The average molecular weight is 299 g/mol. The van der Waals surface area contributed by atoms with Crippen LogP contribution in [-0.4, -0.2) is 9.97 Å². The molecule has 0 bridgehead atoms. The van der Waals surface area contributed by atoms with E-state index in [0.29, 0.717) is 28.0 Å². The fourth-order valence-electron chi connectivity index (χ4n) is 2.74. The molecule has 0 aliphatic heterocycles. The first-order valence-electron chi connectivity index (χ1n) is 8.97. The van der Waals surface area contributed by atoms with Crippen molar-refractivity contribution in [3.8, 4) is 22.4 Å². The molecule has 1 aromatic heterocycles. The van der Waals surface area contributed by atoms with Crippen LogP contribution in [0.5, 0.6) is 0 Å². The van der Waals surface area contributed by atoms with Gasteiger partial charge in [-0.1, -0.05) is 72.7 Å². The molecule has 4 aromatic rings. The van der Waals surface area contributed by atoms with Crippen LogP contribution in [0, 0.1) is 6.92 Å². The Morgan fingerprint density at radius 2 is 1.43 bits per heavy atom. The zero-order valence-corrected chi connectivity index (χ0v) is 12.7. The van der Waals surface area contributed by atoms with Crippen molar-refractivity contribution >= 4 is 10.9 Å². The van der Waals surface area contributed by atoms with Crippen LogP contribution in [0.4, 0.5) is 0 Å². The molecule has 2 heteroatoms. The van der Waals surface area contributed by atoms with E-state index in [0.717, 1.165) is 11.1 Å². The van der Waals surface area contributed by atoms with Crippen LogP contribution >= 0.6 is 0 Å². The van der Waals surface area contributed by atoms with E-state index in [4.69, 9.17) is 4.11 Å². The van der Waals surface area contributed by atoms with Crippen LogP contribution < -0.4 is 0 Å². The van der Waals surface area contributed by atoms with Gasteiger partial charge in [-0.25, -0.2) is 9.97 Å². The van der Waals surface area contributed by atoms with Gasteiger partial charge in [0.15, 0.2) is 0 Å². The molecule has 0 aliphatic carbocycles. The van der Waals surface area contributed by atoms with Crippen molar-refractivity contribution in [1.29, 1.82) is 0 Å². The molecule has 0 fully saturated rings. The van der Waals surface area contributed by atoms with E-state index in [1.54, 1.807) is 6.92 Å². The monoisotopic (exact) mass is 299 g/mol. The van der Waals surface area contributed by atoms with Crippen molar-refractivity contribution in [2.24, 2.45) is 0 Å². The maximum absolute atomic E-state index is 8.51. The van der Waals surface area contributed by atoms with E-state index in [9.17, 15) is 0 Å². The molecule has 0 aliphatic rings. The molecule has 3 aromatic carbocycles. The number of aromatic nitrogens is 2. The van der Waals surface area contributed by atoms with Crippen LogP contribution in [0.3, 0.4) is 0 Å². The summed E-state index contributed by atoms with van der Waals surface area (Å²) in [5.41, 5.74) is 3.42. The zero-order chi connectivity index (χ0) is 18.3. The third-order valence-corrected chi connectivity index (χ3v) is 3.75. The van der Waals surface area contributed by atoms with Crippen LogP contribution in [-0.2, 0) is 0 Å². The molecule has 110 valence electrons. The molecule has 0 amide bonds. The van der Waals surface area contributed by atoms with Crippen molar-refractivity contribution in [3.63, 3.8) is 0 Å². The van der Waals surface area contributed by atoms with Crippen LogP contribution in [0.2, 0.25) is 0 Å². The first-order valence-corrected chi connectivity index (χ1v) is 7.47. The third kappa shape index (κ3) is 2.49. The van der Waals surface area contributed by atoms with Gasteiger partial charge in [0.05, 0.1) is 15.3 Å².